The summed E-state index contributed by atoms with van der Waals surface area (Å²) in [4.78, 5) is 4.14. The van der Waals surface area contributed by atoms with Crippen molar-refractivity contribution in [2.75, 3.05) is 6.54 Å². The van der Waals surface area contributed by atoms with Crippen molar-refractivity contribution < 1.29 is 0 Å². The highest BCUT2D eigenvalue weighted by atomic mass is 15.4. The molecule has 2 heterocycles. The molecule has 1 aliphatic carbocycles. The van der Waals surface area contributed by atoms with Crippen molar-refractivity contribution in [1.82, 2.24) is 15.8 Å². The zero-order chi connectivity index (χ0) is 8.67. The molecule has 66 valence electrons. The van der Waals surface area contributed by atoms with Gasteiger partial charge in [-0.3, -0.25) is 4.98 Å². The third-order valence-electron chi connectivity index (χ3n) is 2.74. The van der Waals surface area contributed by atoms with Crippen LogP contribution in [-0.2, 0) is 6.42 Å². The summed E-state index contributed by atoms with van der Waals surface area (Å²) < 4.78 is 0. The van der Waals surface area contributed by atoms with Gasteiger partial charge >= 0.3 is 0 Å². The molecule has 2 aliphatic rings. The van der Waals surface area contributed by atoms with E-state index < -0.39 is 0 Å². The first-order chi connectivity index (χ1) is 6.43. The number of fused-ring (bicyclic) bond motifs is 2. The Kier molecular flexibility index (Phi) is 1.40. The van der Waals surface area contributed by atoms with E-state index in [0.717, 1.165) is 13.0 Å². The van der Waals surface area contributed by atoms with Crippen LogP contribution in [0.1, 0.15) is 11.1 Å². The van der Waals surface area contributed by atoms with E-state index in [1.165, 1.54) is 16.8 Å². The average molecular weight is 173 g/mol. The molecular weight excluding hydrogens is 162 g/mol. The molecule has 1 unspecified atom stereocenters. The minimum absolute atomic E-state index is 0.622. The first kappa shape index (κ1) is 7.09. The molecule has 13 heavy (non-hydrogen) atoms. The van der Waals surface area contributed by atoms with Crippen LogP contribution < -0.4 is 10.9 Å². The van der Waals surface area contributed by atoms with Crippen LogP contribution in [-0.4, -0.2) is 11.5 Å². The first-order valence-corrected chi connectivity index (χ1v) is 4.57. The van der Waals surface area contributed by atoms with Gasteiger partial charge in [-0.25, -0.2) is 5.43 Å². The zero-order valence-electron chi connectivity index (χ0n) is 7.25. The van der Waals surface area contributed by atoms with Gasteiger partial charge in [-0.1, -0.05) is 0 Å². The average Bonchev–Trinajstić information content (AvgIpc) is 2.61. The van der Waals surface area contributed by atoms with Crippen LogP contribution in [0.3, 0.4) is 0 Å². The number of hydrogen-bond donors (Lipinski definition) is 2. The highest BCUT2D eigenvalue weighted by molar-refractivity contribution is 5.59. The molecule has 1 aromatic rings. The number of aromatic nitrogens is 1. The molecule has 3 rings (SSSR count). The Bertz CT molecular complexity index is 370. The molecule has 1 atom stereocenters. The van der Waals surface area contributed by atoms with Crippen LogP contribution in [0.5, 0.6) is 0 Å². The van der Waals surface area contributed by atoms with E-state index in [0.29, 0.717) is 5.92 Å². The molecule has 3 heteroatoms. The summed E-state index contributed by atoms with van der Waals surface area (Å²) in [6.07, 6.45) is 7.14. The predicted octanol–water partition coefficient (Wildman–Crippen LogP) is 0.703. The second kappa shape index (κ2) is 2.57. The number of hydrazine groups is 1. The molecule has 0 bridgehead atoms. The van der Waals surface area contributed by atoms with Gasteiger partial charge in [0.2, 0.25) is 0 Å². The van der Waals surface area contributed by atoms with E-state index in [2.05, 4.69) is 28.0 Å². The maximum absolute atomic E-state index is 4.14. The van der Waals surface area contributed by atoms with Crippen molar-refractivity contribution in [3.05, 3.63) is 35.3 Å². The minimum atomic E-state index is 0.622. The van der Waals surface area contributed by atoms with Gasteiger partial charge in [0.05, 0.1) is 0 Å². The molecule has 1 fully saturated rings. The highest BCUT2D eigenvalue weighted by Gasteiger charge is 2.25. The number of rotatable bonds is 0. The molecule has 0 radical (unpaired) electrons. The number of nitrogens with zero attached hydrogens (tertiary/aromatic N) is 1. The zero-order valence-corrected chi connectivity index (χ0v) is 7.25. The van der Waals surface area contributed by atoms with Crippen LogP contribution >= 0.6 is 0 Å². The van der Waals surface area contributed by atoms with E-state index in [1.807, 2.05) is 12.4 Å². The Morgan fingerprint density at radius 2 is 2.46 bits per heavy atom. The maximum atomic E-state index is 4.14. The van der Waals surface area contributed by atoms with Gasteiger partial charge in [-0.15, -0.1) is 0 Å². The topological polar surface area (TPSA) is 37.0 Å². The van der Waals surface area contributed by atoms with Gasteiger partial charge in [0, 0.05) is 30.6 Å². The second-order valence-electron chi connectivity index (χ2n) is 3.58. The van der Waals surface area contributed by atoms with Crippen molar-refractivity contribution in [3.8, 4) is 0 Å². The van der Waals surface area contributed by atoms with Crippen LogP contribution in [0.4, 0.5) is 0 Å². The summed E-state index contributed by atoms with van der Waals surface area (Å²) in [5.74, 6) is 0.622. The van der Waals surface area contributed by atoms with Crippen LogP contribution in [0.15, 0.2) is 24.2 Å². The molecule has 2 N–H and O–H groups in total. The van der Waals surface area contributed by atoms with Gasteiger partial charge in [0.15, 0.2) is 0 Å². The first-order valence-electron chi connectivity index (χ1n) is 4.57. The van der Waals surface area contributed by atoms with Gasteiger partial charge in [0.25, 0.3) is 0 Å². The molecule has 3 nitrogen and oxygen atoms in total. The normalized spacial score (nSPS) is 24.3. The lowest BCUT2D eigenvalue weighted by Gasteiger charge is -2.17. The summed E-state index contributed by atoms with van der Waals surface area (Å²) in [5.41, 5.74) is 10.3. The van der Waals surface area contributed by atoms with Crippen molar-refractivity contribution in [3.63, 3.8) is 0 Å². The standard InChI is InChI=1S/C10H11N3/c1-2-11-5-8-3-9-6-12-13-10(9)4-7(1)8/h1-2,4-5,9,12-13H,3,6H2. The highest BCUT2D eigenvalue weighted by Crippen LogP contribution is 2.27. The lowest BCUT2D eigenvalue weighted by molar-refractivity contribution is 0.638. The summed E-state index contributed by atoms with van der Waals surface area (Å²) >= 11 is 0. The van der Waals surface area contributed by atoms with Crippen LogP contribution in [0.2, 0.25) is 0 Å². The van der Waals surface area contributed by atoms with Crippen LogP contribution in [0.25, 0.3) is 6.08 Å². The quantitative estimate of drug-likeness (QED) is 0.606. The molecule has 0 aromatic carbocycles. The Balaban J connectivity index is 2.10. The third kappa shape index (κ3) is 1.04. The van der Waals surface area contributed by atoms with Gasteiger partial charge < -0.3 is 5.43 Å². The minimum Gasteiger partial charge on any atom is -0.325 e. The molecule has 1 aliphatic heterocycles. The predicted molar refractivity (Wildman–Crippen MR) is 50.5 cm³/mol. The fraction of sp³-hybridized carbons (Fsp3) is 0.300. The Morgan fingerprint density at radius 3 is 3.46 bits per heavy atom. The van der Waals surface area contributed by atoms with Gasteiger partial charge in [-0.2, -0.15) is 0 Å². The summed E-state index contributed by atoms with van der Waals surface area (Å²) in [6.45, 7) is 1.03. The summed E-state index contributed by atoms with van der Waals surface area (Å²) in [6, 6.07) is 2.07. The Hall–Kier alpha value is -1.35. The van der Waals surface area contributed by atoms with Crippen molar-refractivity contribution in [1.29, 1.82) is 0 Å². The fourth-order valence-corrected chi connectivity index (χ4v) is 2.01. The van der Waals surface area contributed by atoms with E-state index in [-0.39, 0.29) is 0 Å². The Labute approximate surface area is 76.8 Å². The smallest absolute Gasteiger partial charge is 0.0315 e. The van der Waals surface area contributed by atoms with Gasteiger partial charge in [0.1, 0.15) is 0 Å². The largest absolute Gasteiger partial charge is 0.325 e. The summed E-state index contributed by atoms with van der Waals surface area (Å²) in [7, 11) is 0. The molecule has 0 amide bonds. The van der Waals surface area contributed by atoms with E-state index in [1.54, 1.807) is 0 Å². The van der Waals surface area contributed by atoms with E-state index >= 15 is 0 Å². The van der Waals surface area contributed by atoms with Crippen molar-refractivity contribution >= 4 is 6.08 Å². The SMILES string of the molecule is C1=C2NNCC2Cc2cnccc21. The monoisotopic (exact) mass is 173 g/mol. The lowest BCUT2D eigenvalue weighted by atomic mass is 9.89. The maximum Gasteiger partial charge on any atom is 0.0315 e. The molecule has 1 aromatic heterocycles. The van der Waals surface area contributed by atoms with Crippen molar-refractivity contribution in [2.24, 2.45) is 5.92 Å². The number of nitrogens with one attached hydrogen (secondary N) is 2. The van der Waals surface area contributed by atoms with Crippen molar-refractivity contribution in [2.45, 2.75) is 6.42 Å². The number of hydrogen-bond acceptors (Lipinski definition) is 3. The second-order valence-corrected chi connectivity index (χ2v) is 3.58. The van der Waals surface area contributed by atoms with E-state index in [4.69, 9.17) is 0 Å². The molecule has 0 saturated carbocycles. The third-order valence-corrected chi connectivity index (χ3v) is 2.74. The lowest BCUT2D eigenvalue weighted by Crippen LogP contribution is -2.20. The molecular formula is C10H11N3. The van der Waals surface area contributed by atoms with Crippen LogP contribution in [0, 0.1) is 5.92 Å². The van der Waals surface area contributed by atoms with Gasteiger partial charge in [-0.05, 0) is 29.7 Å². The molecule has 1 saturated heterocycles. The molecule has 0 spiro atoms. The number of pyridine rings is 1. The fourth-order valence-electron chi connectivity index (χ4n) is 2.01. The van der Waals surface area contributed by atoms with E-state index in [9.17, 15) is 0 Å². The summed E-state index contributed by atoms with van der Waals surface area (Å²) in [5, 5.41) is 0. The Morgan fingerprint density at radius 1 is 1.46 bits per heavy atom.